The minimum atomic E-state index is -0.865. The number of carbonyl (C=O) groups is 1. The number of nitrogens with zero attached hydrogens (tertiary/aromatic N) is 1. The molecule has 3 heteroatoms. The first kappa shape index (κ1) is 11.1. The third-order valence-corrected chi connectivity index (χ3v) is 3.40. The highest BCUT2D eigenvalue weighted by molar-refractivity contribution is 5.79. The fourth-order valence-corrected chi connectivity index (χ4v) is 2.09. The van der Waals surface area contributed by atoms with Gasteiger partial charge in [0.1, 0.15) is 0 Å². The lowest BCUT2D eigenvalue weighted by atomic mass is 9.82. The first-order valence-corrected chi connectivity index (χ1v) is 5.27. The van der Waals surface area contributed by atoms with Crippen LogP contribution in [0.5, 0.6) is 0 Å². The van der Waals surface area contributed by atoms with Crippen molar-refractivity contribution in [2.75, 3.05) is 13.1 Å². The molecule has 3 nitrogen and oxygen atoms in total. The molecule has 0 aromatic carbocycles. The van der Waals surface area contributed by atoms with E-state index in [-0.39, 0.29) is 0 Å². The standard InChI is InChI=1S/C11H19NO2/c1-3-11(4-2)6-8-12(9-11)7-5-10(13)14/h5,7H,3-4,6,8-9H2,1-2H3,(H,13,14). The van der Waals surface area contributed by atoms with Crippen molar-refractivity contribution in [3.63, 3.8) is 0 Å². The van der Waals surface area contributed by atoms with E-state index >= 15 is 0 Å². The molecule has 0 unspecified atom stereocenters. The number of carboxylic acids is 1. The van der Waals surface area contributed by atoms with Crippen LogP contribution >= 0.6 is 0 Å². The smallest absolute Gasteiger partial charge is 0.329 e. The monoisotopic (exact) mass is 197 g/mol. The number of aliphatic carboxylic acids is 1. The zero-order valence-electron chi connectivity index (χ0n) is 8.99. The summed E-state index contributed by atoms with van der Waals surface area (Å²) in [5.74, 6) is -0.865. The Kier molecular flexibility index (Phi) is 3.55. The van der Waals surface area contributed by atoms with Crippen molar-refractivity contribution < 1.29 is 9.90 Å². The van der Waals surface area contributed by atoms with Crippen molar-refractivity contribution in [1.82, 2.24) is 4.90 Å². The Labute approximate surface area is 85.4 Å². The second-order valence-corrected chi connectivity index (χ2v) is 4.08. The van der Waals surface area contributed by atoms with Crippen LogP contribution in [0.25, 0.3) is 0 Å². The molecule has 0 aliphatic carbocycles. The summed E-state index contributed by atoms with van der Waals surface area (Å²) >= 11 is 0. The van der Waals surface area contributed by atoms with E-state index in [1.807, 2.05) is 0 Å². The lowest BCUT2D eigenvalue weighted by Gasteiger charge is -2.25. The Bertz CT molecular complexity index is 231. The van der Waals surface area contributed by atoms with Gasteiger partial charge in [-0.2, -0.15) is 0 Å². The molecule has 0 aromatic heterocycles. The van der Waals surface area contributed by atoms with Crippen LogP contribution in [0.4, 0.5) is 0 Å². The number of likely N-dealkylation sites (tertiary alicyclic amines) is 1. The average Bonchev–Trinajstić information content (AvgIpc) is 2.59. The lowest BCUT2D eigenvalue weighted by Crippen LogP contribution is -2.23. The van der Waals surface area contributed by atoms with Gasteiger partial charge in [-0.05, 0) is 24.7 Å². The minimum Gasteiger partial charge on any atom is -0.478 e. The van der Waals surface area contributed by atoms with Crippen LogP contribution in [0.15, 0.2) is 12.3 Å². The highest BCUT2D eigenvalue weighted by atomic mass is 16.4. The van der Waals surface area contributed by atoms with Crippen LogP contribution in [0.2, 0.25) is 0 Å². The molecule has 0 bridgehead atoms. The molecule has 0 atom stereocenters. The molecule has 14 heavy (non-hydrogen) atoms. The second kappa shape index (κ2) is 4.49. The van der Waals surface area contributed by atoms with Crippen LogP contribution in [-0.4, -0.2) is 29.1 Å². The van der Waals surface area contributed by atoms with E-state index in [0.717, 1.165) is 13.1 Å². The summed E-state index contributed by atoms with van der Waals surface area (Å²) in [6, 6.07) is 0. The van der Waals surface area contributed by atoms with E-state index in [4.69, 9.17) is 5.11 Å². The molecule has 0 amide bonds. The van der Waals surface area contributed by atoms with Gasteiger partial charge in [-0.3, -0.25) is 0 Å². The first-order valence-electron chi connectivity index (χ1n) is 5.27. The summed E-state index contributed by atoms with van der Waals surface area (Å²) in [4.78, 5) is 12.5. The summed E-state index contributed by atoms with van der Waals surface area (Å²) in [6.07, 6.45) is 6.47. The first-order chi connectivity index (χ1) is 6.62. The van der Waals surface area contributed by atoms with Crippen molar-refractivity contribution >= 4 is 5.97 Å². The number of hydrogen-bond donors (Lipinski definition) is 1. The molecule has 80 valence electrons. The molecular weight excluding hydrogens is 178 g/mol. The van der Waals surface area contributed by atoms with E-state index in [9.17, 15) is 4.79 Å². The fraction of sp³-hybridized carbons (Fsp3) is 0.727. The molecule has 1 heterocycles. The maximum Gasteiger partial charge on any atom is 0.329 e. The topological polar surface area (TPSA) is 40.5 Å². The van der Waals surface area contributed by atoms with Crippen molar-refractivity contribution in [3.05, 3.63) is 12.3 Å². The summed E-state index contributed by atoms with van der Waals surface area (Å²) in [5, 5.41) is 8.50. The van der Waals surface area contributed by atoms with Crippen LogP contribution < -0.4 is 0 Å². The van der Waals surface area contributed by atoms with Gasteiger partial charge in [-0.25, -0.2) is 4.79 Å². The highest BCUT2D eigenvalue weighted by Crippen LogP contribution is 2.36. The maximum absolute atomic E-state index is 10.3. The lowest BCUT2D eigenvalue weighted by molar-refractivity contribution is -0.131. The van der Waals surface area contributed by atoms with Crippen LogP contribution in [-0.2, 0) is 4.79 Å². The Morgan fingerprint density at radius 2 is 2.14 bits per heavy atom. The molecule has 1 aliphatic rings. The van der Waals surface area contributed by atoms with E-state index in [0.29, 0.717) is 5.41 Å². The maximum atomic E-state index is 10.3. The molecule has 1 saturated heterocycles. The van der Waals surface area contributed by atoms with Crippen molar-refractivity contribution in [2.45, 2.75) is 33.1 Å². The van der Waals surface area contributed by atoms with Gasteiger partial charge in [0, 0.05) is 25.4 Å². The van der Waals surface area contributed by atoms with Gasteiger partial charge in [0.25, 0.3) is 0 Å². The SMILES string of the molecule is CCC1(CC)CCN(C=CC(=O)O)C1. The second-order valence-electron chi connectivity index (χ2n) is 4.08. The number of rotatable bonds is 4. The fourth-order valence-electron chi connectivity index (χ4n) is 2.09. The van der Waals surface area contributed by atoms with E-state index in [1.165, 1.54) is 25.3 Å². The van der Waals surface area contributed by atoms with Crippen LogP contribution in [0.1, 0.15) is 33.1 Å². The van der Waals surface area contributed by atoms with Gasteiger partial charge in [-0.15, -0.1) is 0 Å². The molecule has 0 saturated carbocycles. The van der Waals surface area contributed by atoms with Crippen LogP contribution in [0.3, 0.4) is 0 Å². The molecule has 0 radical (unpaired) electrons. The molecule has 0 aromatic rings. The summed E-state index contributed by atoms with van der Waals surface area (Å²) in [6.45, 7) is 6.43. The largest absolute Gasteiger partial charge is 0.478 e. The molecule has 1 fully saturated rings. The minimum absolute atomic E-state index is 0.419. The van der Waals surface area contributed by atoms with Gasteiger partial charge in [0.15, 0.2) is 0 Å². The third kappa shape index (κ3) is 2.50. The molecule has 1 rings (SSSR count). The Morgan fingerprint density at radius 1 is 1.50 bits per heavy atom. The van der Waals surface area contributed by atoms with Crippen LogP contribution in [0, 0.1) is 5.41 Å². The average molecular weight is 197 g/mol. The summed E-state index contributed by atoms with van der Waals surface area (Å²) < 4.78 is 0. The number of carboxylic acid groups (broad SMARTS) is 1. The number of hydrogen-bond acceptors (Lipinski definition) is 2. The van der Waals surface area contributed by atoms with Crippen molar-refractivity contribution in [3.8, 4) is 0 Å². The quantitative estimate of drug-likeness (QED) is 0.702. The van der Waals surface area contributed by atoms with Gasteiger partial charge in [-0.1, -0.05) is 13.8 Å². The summed E-state index contributed by atoms with van der Waals surface area (Å²) in [7, 11) is 0. The van der Waals surface area contributed by atoms with E-state index in [2.05, 4.69) is 18.7 Å². The van der Waals surface area contributed by atoms with Gasteiger partial charge in [0.2, 0.25) is 0 Å². The molecular formula is C11H19NO2. The Balaban J connectivity index is 2.52. The molecule has 0 spiro atoms. The van der Waals surface area contributed by atoms with E-state index < -0.39 is 5.97 Å². The predicted octanol–water partition coefficient (Wildman–Crippen LogP) is 2.10. The van der Waals surface area contributed by atoms with E-state index in [1.54, 1.807) is 6.20 Å². The third-order valence-electron chi connectivity index (χ3n) is 3.40. The van der Waals surface area contributed by atoms with Crippen molar-refractivity contribution in [2.24, 2.45) is 5.41 Å². The Morgan fingerprint density at radius 3 is 2.57 bits per heavy atom. The zero-order chi connectivity index (χ0) is 10.6. The summed E-state index contributed by atoms with van der Waals surface area (Å²) in [5.41, 5.74) is 0.419. The Hall–Kier alpha value is -0.990. The van der Waals surface area contributed by atoms with Gasteiger partial charge in [0.05, 0.1) is 0 Å². The highest BCUT2D eigenvalue weighted by Gasteiger charge is 2.33. The predicted molar refractivity (Wildman–Crippen MR) is 56.0 cm³/mol. The zero-order valence-corrected chi connectivity index (χ0v) is 8.99. The normalized spacial score (nSPS) is 20.6. The van der Waals surface area contributed by atoms with Crippen molar-refractivity contribution in [1.29, 1.82) is 0 Å². The molecule has 1 aliphatic heterocycles. The van der Waals surface area contributed by atoms with Gasteiger partial charge < -0.3 is 10.0 Å². The van der Waals surface area contributed by atoms with Gasteiger partial charge >= 0.3 is 5.97 Å². The molecule has 1 N–H and O–H groups in total.